The van der Waals surface area contributed by atoms with Crippen molar-refractivity contribution in [2.75, 3.05) is 0 Å². The summed E-state index contributed by atoms with van der Waals surface area (Å²) >= 11 is 0. The highest BCUT2D eigenvalue weighted by Gasteiger charge is 2.01. The van der Waals surface area contributed by atoms with E-state index in [-0.39, 0.29) is 0 Å². The number of nitrogens with zero attached hydrogens (tertiary/aromatic N) is 2. The molecular formula is C9H8BN3. The first-order valence-electron chi connectivity index (χ1n) is 3.99. The lowest BCUT2D eigenvalue weighted by atomic mass is 9.98. The third-order valence-electron chi connectivity index (χ3n) is 1.75. The van der Waals surface area contributed by atoms with Crippen LogP contribution in [0, 0.1) is 6.92 Å². The molecule has 0 unspecified atom stereocenters. The van der Waals surface area contributed by atoms with E-state index in [0.29, 0.717) is 5.46 Å². The molecule has 2 rings (SSSR count). The lowest BCUT2D eigenvalue weighted by molar-refractivity contribution is 1.05. The predicted molar refractivity (Wildman–Crippen MR) is 51.9 cm³/mol. The maximum Gasteiger partial charge on any atom is 0.115 e. The summed E-state index contributed by atoms with van der Waals surface area (Å²) in [4.78, 5) is 4.15. The van der Waals surface area contributed by atoms with Gasteiger partial charge in [0.05, 0.1) is 5.69 Å². The Labute approximate surface area is 77.6 Å². The standard InChI is InChI=1S/C9H8BN3/c1-6-4-9(13-12-6)8-3-2-7(10)5-11-8/h2-5H,1H3,(H,12,13). The number of pyridine rings is 1. The van der Waals surface area contributed by atoms with Crippen molar-refractivity contribution >= 4 is 13.3 Å². The highest BCUT2D eigenvalue weighted by Crippen LogP contribution is 2.12. The first kappa shape index (κ1) is 8.04. The molecular weight excluding hydrogens is 161 g/mol. The summed E-state index contributed by atoms with van der Waals surface area (Å²) in [5.74, 6) is 0. The lowest BCUT2D eigenvalue weighted by Crippen LogP contribution is -2.02. The van der Waals surface area contributed by atoms with Gasteiger partial charge in [-0.05, 0) is 19.1 Å². The molecule has 2 radical (unpaired) electrons. The van der Waals surface area contributed by atoms with E-state index in [0.717, 1.165) is 17.1 Å². The van der Waals surface area contributed by atoms with Crippen LogP contribution >= 0.6 is 0 Å². The van der Waals surface area contributed by atoms with Crippen LogP contribution in [0.3, 0.4) is 0 Å². The lowest BCUT2D eigenvalue weighted by Gasteiger charge is -1.95. The molecule has 0 bridgehead atoms. The summed E-state index contributed by atoms with van der Waals surface area (Å²) in [6.07, 6.45) is 1.62. The Morgan fingerprint density at radius 1 is 1.31 bits per heavy atom. The van der Waals surface area contributed by atoms with Crippen LogP contribution in [-0.4, -0.2) is 23.0 Å². The zero-order chi connectivity index (χ0) is 9.26. The molecule has 0 aromatic carbocycles. The maximum atomic E-state index is 5.52. The molecule has 0 aliphatic rings. The van der Waals surface area contributed by atoms with E-state index in [4.69, 9.17) is 7.85 Å². The molecule has 0 aliphatic carbocycles. The van der Waals surface area contributed by atoms with Gasteiger partial charge in [0, 0.05) is 11.9 Å². The minimum Gasteiger partial charge on any atom is -0.282 e. The van der Waals surface area contributed by atoms with E-state index in [1.807, 2.05) is 25.1 Å². The molecule has 2 aromatic rings. The quantitative estimate of drug-likeness (QED) is 0.634. The Bertz CT molecular complexity index is 405. The summed E-state index contributed by atoms with van der Waals surface area (Å²) in [6.45, 7) is 1.95. The normalized spacial score (nSPS) is 10.2. The summed E-state index contributed by atoms with van der Waals surface area (Å²) in [7, 11) is 5.52. The van der Waals surface area contributed by atoms with Gasteiger partial charge in [0.25, 0.3) is 0 Å². The van der Waals surface area contributed by atoms with Gasteiger partial charge in [-0.2, -0.15) is 5.10 Å². The van der Waals surface area contributed by atoms with Gasteiger partial charge in [0.1, 0.15) is 13.5 Å². The maximum absolute atomic E-state index is 5.52. The second-order valence-corrected chi connectivity index (χ2v) is 2.91. The third-order valence-corrected chi connectivity index (χ3v) is 1.75. The molecule has 62 valence electrons. The molecule has 2 heterocycles. The van der Waals surface area contributed by atoms with Crippen LogP contribution in [0.25, 0.3) is 11.4 Å². The van der Waals surface area contributed by atoms with Crippen molar-refractivity contribution in [1.82, 2.24) is 15.2 Å². The Morgan fingerprint density at radius 3 is 2.69 bits per heavy atom. The van der Waals surface area contributed by atoms with Crippen molar-refractivity contribution in [2.45, 2.75) is 6.92 Å². The summed E-state index contributed by atoms with van der Waals surface area (Å²) < 4.78 is 0. The Kier molecular flexibility index (Phi) is 1.89. The van der Waals surface area contributed by atoms with Gasteiger partial charge < -0.3 is 0 Å². The summed E-state index contributed by atoms with van der Waals surface area (Å²) in [5, 5.41) is 6.95. The largest absolute Gasteiger partial charge is 0.282 e. The summed E-state index contributed by atoms with van der Waals surface area (Å²) in [5.41, 5.74) is 3.36. The zero-order valence-corrected chi connectivity index (χ0v) is 7.28. The first-order valence-corrected chi connectivity index (χ1v) is 3.99. The number of aromatic amines is 1. The van der Waals surface area contributed by atoms with Crippen molar-refractivity contribution < 1.29 is 0 Å². The number of hydrogen-bond acceptors (Lipinski definition) is 2. The SMILES string of the molecule is [B]c1ccc(-c2cc(C)[nH]n2)nc1. The minimum absolute atomic E-state index is 0.663. The van der Waals surface area contributed by atoms with Crippen LogP contribution in [0.4, 0.5) is 0 Å². The van der Waals surface area contributed by atoms with Crippen LogP contribution in [0.15, 0.2) is 24.4 Å². The fourth-order valence-corrected chi connectivity index (χ4v) is 1.11. The number of aromatic nitrogens is 3. The molecule has 3 nitrogen and oxygen atoms in total. The topological polar surface area (TPSA) is 41.6 Å². The van der Waals surface area contributed by atoms with Crippen LogP contribution in [0.1, 0.15) is 5.69 Å². The van der Waals surface area contributed by atoms with Gasteiger partial charge >= 0.3 is 0 Å². The average Bonchev–Trinajstić information content (AvgIpc) is 2.53. The highest BCUT2D eigenvalue weighted by molar-refractivity contribution is 6.32. The van der Waals surface area contributed by atoms with E-state index in [1.54, 1.807) is 6.20 Å². The molecule has 1 N–H and O–H groups in total. The van der Waals surface area contributed by atoms with E-state index < -0.39 is 0 Å². The van der Waals surface area contributed by atoms with Crippen molar-refractivity contribution in [3.05, 3.63) is 30.1 Å². The van der Waals surface area contributed by atoms with Crippen LogP contribution in [0.5, 0.6) is 0 Å². The molecule has 0 aliphatic heterocycles. The second kappa shape index (κ2) is 3.05. The third kappa shape index (κ3) is 1.61. The zero-order valence-electron chi connectivity index (χ0n) is 7.28. The van der Waals surface area contributed by atoms with Gasteiger partial charge in [-0.25, -0.2) is 0 Å². The van der Waals surface area contributed by atoms with Crippen LogP contribution in [-0.2, 0) is 0 Å². The van der Waals surface area contributed by atoms with Gasteiger partial charge in [-0.15, -0.1) is 0 Å². The molecule has 4 heteroatoms. The van der Waals surface area contributed by atoms with E-state index >= 15 is 0 Å². The first-order chi connectivity index (χ1) is 6.25. The number of rotatable bonds is 1. The Morgan fingerprint density at radius 2 is 2.15 bits per heavy atom. The molecule has 0 saturated carbocycles. The molecule has 0 fully saturated rings. The minimum atomic E-state index is 0.663. The van der Waals surface area contributed by atoms with Crippen molar-refractivity contribution in [1.29, 1.82) is 0 Å². The van der Waals surface area contributed by atoms with Crippen molar-refractivity contribution in [2.24, 2.45) is 0 Å². The van der Waals surface area contributed by atoms with Crippen molar-refractivity contribution in [3.8, 4) is 11.4 Å². The monoisotopic (exact) mass is 169 g/mol. The van der Waals surface area contributed by atoms with Gasteiger partial charge in [0.15, 0.2) is 0 Å². The molecule has 2 aromatic heterocycles. The second-order valence-electron chi connectivity index (χ2n) is 2.91. The number of aryl methyl sites for hydroxylation is 1. The van der Waals surface area contributed by atoms with Gasteiger partial charge in [-0.1, -0.05) is 11.5 Å². The smallest absolute Gasteiger partial charge is 0.115 e. The molecule has 13 heavy (non-hydrogen) atoms. The van der Waals surface area contributed by atoms with Crippen molar-refractivity contribution in [3.63, 3.8) is 0 Å². The Hall–Kier alpha value is -1.58. The molecule has 0 saturated heterocycles. The van der Waals surface area contributed by atoms with E-state index in [2.05, 4.69) is 15.2 Å². The predicted octanol–water partition coefficient (Wildman–Crippen LogP) is 0.574. The Balaban J connectivity index is 2.41. The number of H-pyrrole nitrogens is 1. The van der Waals surface area contributed by atoms with E-state index in [9.17, 15) is 0 Å². The fraction of sp³-hybridized carbons (Fsp3) is 0.111. The summed E-state index contributed by atoms with van der Waals surface area (Å²) in [6, 6.07) is 5.61. The number of hydrogen-bond donors (Lipinski definition) is 1. The average molecular weight is 169 g/mol. The van der Waals surface area contributed by atoms with Gasteiger partial charge in [0.2, 0.25) is 0 Å². The van der Waals surface area contributed by atoms with Crippen LogP contribution < -0.4 is 5.46 Å². The number of nitrogens with one attached hydrogen (secondary N) is 1. The van der Waals surface area contributed by atoms with Gasteiger partial charge in [-0.3, -0.25) is 10.1 Å². The van der Waals surface area contributed by atoms with Crippen LogP contribution in [0.2, 0.25) is 0 Å². The van der Waals surface area contributed by atoms with E-state index in [1.165, 1.54) is 0 Å². The fourth-order valence-electron chi connectivity index (χ4n) is 1.11. The molecule has 0 amide bonds. The molecule has 0 spiro atoms. The molecule has 0 atom stereocenters. The highest BCUT2D eigenvalue weighted by atomic mass is 15.1.